The molecule has 1 aromatic carbocycles. The number of nitrogens with one attached hydrogen (secondary N) is 2. The molecule has 0 radical (unpaired) electrons. The molecule has 1 saturated heterocycles. The lowest BCUT2D eigenvalue weighted by Gasteiger charge is -2.29. The number of likely N-dealkylation sites (tertiary alicyclic amines) is 1. The summed E-state index contributed by atoms with van der Waals surface area (Å²) in [7, 11) is 1.69. The van der Waals surface area contributed by atoms with Crippen molar-refractivity contribution in [3.8, 4) is 5.75 Å². The number of carbonyl (C=O) groups excluding carboxylic acids is 1. The van der Waals surface area contributed by atoms with Crippen molar-refractivity contribution < 1.29 is 9.53 Å². The summed E-state index contributed by atoms with van der Waals surface area (Å²) in [5.41, 5.74) is 1.12. The smallest absolute Gasteiger partial charge is 0.222 e. The molecule has 27 heavy (non-hydrogen) atoms. The highest BCUT2D eigenvalue weighted by Gasteiger charge is 2.26. The highest BCUT2D eigenvalue weighted by Crippen LogP contribution is 2.31. The van der Waals surface area contributed by atoms with Gasteiger partial charge in [-0.15, -0.1) is 0 Å². The first-order valence-electron chi connectivity index (χ1n) is 9.42. The molecule has 1 fully saturated rings. The number of nitrogens with zero attached hydrogens (tertiary/aromatic N) is 3. The van der Waals surface area contributed by atoms with Gasteiger partial charge >= 0.3 is 0 Å². The molecule has 1 amide bonds. The van der Waals surface area contributed by atoms with Crippen LogP contribution in [0.5, 0.6) is 5.75 Å². The SMILES string of the molecule is COc1ccccc1C(CNC(=O)CCNc1ncccn1)N1CCCC1. The molecular weight excluding hydrogens is 342 g/mol. The number of amides is 1. The van der Waals surface area contributed by atoms with Crippen LogP contribution in [0.4, 0.5) is 5.95 Å². The number of para-hydroxylation sites is 1. The highest BCUT2D eigenvalue weighted by molar-refractivity contribution is 5.76. The molecule has 2 N–H and O–H groups in total. The van der Waals surface area contributed by atoms with Gasteiger partial charge in [0.1, 0.15) is 5.75 Å². The summed E-state index contributed by atoms with van der Waals surface area (Å²) in [6.45, 7) is 3.16. The predicted molar refractivity (Wildman–Crippen MR) is 105 cm³/mol. The van der Waals surface area contributed by atoms with E-state index in [9.17, 15) is 4.79 Å². The Morgan fingerprint density at radius 3 is 2.67 bits per heavy atom. The van der Waals surface area contributed by atoms with Gasteiger partial charge in [0.05, 0.1) is 13.2 Å². The lowest BCUT2D eigenvalue weighted by molar-refractivity contribution is -0.121. The summed E-state index contributed by atoms with van der Waals surface area (Å²) in [4.78, 5) is 22.9. The van der Waals surface area contributed by atoms with Crippen LogP contribution in [0.2, 0.25) is 0 Å². The van der Waals surface area contributed by atoms with Gasteiger partial charge in [-0.25, -0.2) is 9.97 Å². The third-order valence-corrected chi connectivity index (χ3v) is 4.77. The van der Waals surface area contributed by atoms with Crippen LogP contribution in [-0.2, 0) is 4.79 Å². The second-order valence-corrected chi connectivity index (χ2v) is 6.55. The lowest BCUT2D eigenvalue weighted by Crippen LogP contribution is -2.37. The van der Waals surface area contributed by atoms with E-state index >= 15 is 0 Å². The average molecular weight is 369 g/mol. The van der Waals surface area contributed by atoms with Gasteiger partial charge in [-0.05, 0) is 38.1 Å². The number of hydrogen-bond donors (Lipinski definition) is 2. The van der Waals surface area contributed by atoms with Gasteiger partial charge in [-0.2, -0.15) is 0 Å². The van der Waals surface area contributed by atoms with Crippen LogP contribution in [0.25, 0.3) is 0 Å². The largest absolute Gasteiger partial charge is 0.496 e. The fraction of sp³-hybridized carbons (Fsp3) is 0.450. The van der Waals surface area contributed by atoms with E-state index in [0.29, 0.717) is 25.5 Å². The van der Waals surface area contributed by atoms with Crippen LogP contribution in [0.3, 0.4) is 0 Å². The molecule has 1 aliphatic rings. The van der Waals surface area contributed by atoms with Gasteiger partial charge in [-0.1, -0.05) is 18.2 Å². The summed E-state index contributed by atoms with van der Waals surface area (Å²) in [5.74, 6) is 1.42. The summed E-state index contributed by atoms with van der Waals surface area (Å²) in [6.07, 6.45) is 6.10. The van der Waals surface area contributed by atoms with E-state index in [1.807, 2.05) is 18.2 Å². The third kappa shape index (κ3) is 5.40. The van der Waals surface area contributed by atoms with Crippen LogP contribution < -0.4 is 15.4 Å². The topological polar surface area (TPSA) is 79.4 Å². The lowest BCUT2D eigenvalue weighted by atomic mass is 10.0. The normalized spacial score (nSPS) is 15.3. The molecule has 7 heteroatoms. The van der Waals surface area contributed by atoms with Crippen molar-refractivity contribution in [1.82, 2.24) is 20.2 Å². The maximum absolute atomic E-state index is 12.3. The van der Waals surface area contributed by atoms with Gasteiger partial charge in [0, 0.05) is 37.5 Å². The molecule has 1 aromatic heterocycles. The van der Waals surface area contributed by atoms with E-state index in [1.54, 1.807) is 25.6 Å². The average Bonchev–Trinajstić information content (AvgIpc) is 3.24. The molecule has 144 valence electrons. The van der Waals surface area contributed by atoms with E-state index in [4.69, 9.17) is 4.74 Å². The van der Waals surface area contributed by atoms with E-state index in [1.165, 1.54) is 12.8 Å². The van der Waals surface area contributed by atoms with Crippen LogP contribution in [0.1, 0.15) is 30.9 Å². The zero-order valence-electron chi connectivity index (χ0n) is 15.7. The summed E-state index contributed by atoms with van der Waals surface area (Å²) < 4.78 is 5.54. The number of aromatic nitrogens is 2. The third-order valence-electron chi connectivity index (χ3n) is 4.77. The first-order chi connectivity index (χ1) is 13.3. The fourth-order valence-electron chi connectivity index (χ4n) is 3.41. The van der Waals surface area contributed by atoms with Crippen LogP contribution in [0.15, 0.2) is 42.7 Å². The number of rotatable bonds is 9. The molecule has 0 aliphatic carbocycles. The summed E-state index contributed by atoms with van der Waals surface area (Å²) >= 11 is 0. The summed E-state index contributed by atoms with van der Waals surface area (Å²) in [5, 5.41) is 6.13. The van der Waals surface area contributed by atoms with Crippen molar-refractivity contribution in [1.29, 1.82) is 0 Å². The zero-order valence-corrected chi connectivity index (χ0v) is 15.7. The van der Waals surface area contributed by atoms with Gasteiger partial charge in [0.25, 0.3) is 0 Å². The van der Waals surface area contributed by atoms with Gasteiger partial charge in [0.15, 0.2) is 0 Å². The maximum Gasteiger partial charge on any atom is 0.222 e. The van der Waals surface area contributed by atoms with E-state index in [0.717, 1.165) is 24.4 Å². The quantitative estimate of drug-likeness (QED) is 0.706. The Labute approximate surface area is 160 Å². The number of carbonyl (C=O) groups is 1. The number of ether oxygens (including phenoxy) is 1. The zero-order chi connectivity index (χ0) is 18.9. The molecule has 0 saturated carbocycles. The van der Waals surface area contributed by atoms with Crippen LogP contribution in [0, 0.1) is 0 Å². The van der Waals surface area contributed by atoms with E-state index in [2.05, 4.69) is 31.6 Å². The molecule has 0 spiro atoms. The second-order valence-electron chi connectivity index (χ2n) is 6.55. The maximum atomic E-state index is 12.3. The van der Waals surface area contributed by atoms with Crippen molar-refractivity contribution in [2.75, 3.05) is 38.6 Å². The number of anilines is 1. The van der Waals surface area contributed by atoms with E-state index in [-0.39, 0.29) is 11.9 Å². The Hall–Kier alpha value is -2.67. The van der Waals surface area contributed by atoms with Crippen LogP contribution >= 0.6 is 0 Å². The Morgan fingerprint density at radius 2 is 1.93 bits per heavy atom. The first-order valence-corrected chi connectivity index (χ1v) is 9.42. The van der Waals surface area contributed by atoms with E-state index < -0.39 is 0 Å². The predicted octanol–water partition coefficient (Wildman–Crippen LogP) is 2.24. The Morgan fingerprint density at radius 1 is 1.19 bits per heavy atom. The van der Waals surface area contributed by atoms with Gasteiger partial charge < -0.3 is 15.4 Å². The number of benzene rings is 1. The molecule has 7 nitrogen and oxygen atoms in total. The minimum absolute atomic E-state index is 0.0116. The van der Waals surface area contributed by atoms with Crippen molar-refractivity contribution in [3.63, 3.8) is 0 Å². The van der Waals surface area contributed by atoms with Gasteiger partial charge in [-0.3, -0.25) is 9.69 Å². The molecule has 1 unspecified atom stereocenters. The first kappa shape index (κ1) is 19.1. The number of methoxy groups -OCH3 is 1. The minimum atomic E-state index is 0.0116. The van der Waals surface area contributed by atoms with Crippen LogP contribution in [-0.4, -0.2) is 54.1 Å². The Balaban J connectivity index is 1.55. The van der Waals surface area contributed by atoms with Crippen molar-refractivity contribution in [3.05, 3.63) is 48.3 Å². The molecule has 2 aromatic rings. The van der Waals surface area contributed by atoms with Crippen molar-refractivity contribution in [2.24, 2.45) is 0 Å². The number of hydrogen-bond acceptors (Lipinski definition) is 6. The molecular formula is C20H27N5O2. The highest BCUT2D eigenvalue weighted by atomic mass is 16.5. The Bertz CT molecular complexity index is 719. The second kappa shape index (κ2) is 9.87. The monoisotopic (exact) mass is 369 g/mol. The standard InChI is InChI=1S/C20H27N5O2/c1-27-18-8-3-2-7-16(18)17(25-13-4-5-14-25)15-24-19(26)9-12-23-20-21-10-6-11-22-20/h2-3,6-8,10-11,17H,4-5,9,12-15H2,1H3,(H,24,26)(H,21,22,23). The van der Waals surface area contributed by atoms with Crippen molar-refractivity contribution in [2.45, 2.75) is 25.3 Å². The molecule has 3 rings (SSSR count). The molecule has 1 atom stereocenters. The Kier molecular flexibility index (Phi) is 6.98. The fourth-order valence-corrected chi connectivity index (χ4v) is 3.41. The van der Waals surface area contributed by atoms with Gasteiger partial charge in [0.2, 0.25) is 11.9 Å². The molecule has 2 heterocycles. The molecule has 0 bridgehead atoms. The van der Waals surface area contributed by atoms with Crippen molar-refractivity contribution >= 4 is 11.9 Å². The summed E-state index contributed by atoms with van der Waals surface area (Å²) in [6, 6.07) is 9.93. The minimum Gasteiger partial charge on any atom is -0.496 e. The molecule has 1 aliphatic heterocycles.